The molecule has 0 bridgehead atoms. The van der Waals surface area contributed by atoms with Crippen molar-refractivity contribution < 1.29 is 9.18 Å². The van der Waals surface area contributed by atoms with Crippen molar-refractivity contribution >= 4 is 11.6 Å². The van der Waals surface area contributed by atoms with E-state index in [0.29, 0.717) is 12.2 Å². The summed E-state index contributed by atoms with van der Waals surface area (Å²) in [7, 11) is 1.68. The molecule has 0 aliphatic carbocycles. The Bertz CT molecular complexity index is 421. The molecular formula is C13H20FN3O. The summed E-state index contributed by atoms with van der Waals surface area (Å²) in [5.41, 5.74) is 6.56. The fourth-order valence-electron chi connectivity index (χ4n) is 1.66. The van der Waals surface area contributed by atoms with Crippen molar-refractivity contribution in [1.29, 1.82) is 0 Å². The van der Waals surface area contributed by atoms with Gasteiger partial charge in [-0.3, -0.25) is 4.79 Å². The molecule has 0 radical (unpaired) electrons. The highest BCUT2D eigenvalue weighted by Crippen LogP contribution is 2.19. The van der Waals surface area contributed by atoms with Crippen LogP contribution in [-0.2, 0) is 11.3 Å². The summed E-state index contributed by atoms with van der Waals surface area (Å²) in [4.78, 5) is 13.2. The molecule has 0 aromatic heterocycles. The van der Waals surface area contributed by atoms with E-state index in [1.165, 1.54) is 6.07 Å². The van der Waals surface area contributed by atoms with E-state index < -0.39 is 0 Å². The van der Waals surface area contributed by atoms with E-state index in [9.17, 15) is 9.18 Å². The van der Waals surface area contributed by atoms with Gasteiger partial charge in [-0.2, -0.15) is 0 Å². The van der Waals surface area contributed by atoms with Crippen LogP contribution in [0, 0.1) is 5.82 Å². The van der Waals surface area contributed by atoms with Crippen LogP contribution in [0.1, 0.15) is 19.4 Å². The molecule has 0 atom stereocenters. The zero-order chi connectivity index (χ0) is 13.7. The molecule has 4 nitrogen and oxygen atoms in total. The molecule has 0 spiro atoms. The third-order valence-electron chi connectivity index (χ3n) is 2.49. The average Bonchev–Trinajstić information content (AvgIpc) is 2.27. The minimum Gasteiger partial charge on any atom is -0.363 e. The molecule has 3 N–H and O–H groups in total. The number of benzene rings is 1. The summed E-state index contributed by atoms with van der Waals surface area (Å²) in [5.74, 6) is -0.493. The first-order valence-electron chi connectivity index (χ1n) is 5.93. The molecule has 100 valence electrons. The molecule has 0 aliphatic rings. The van der Waals surface area contributed by atoms with Crippen molar-refractivity contribution in [2.24, 2.45) is 5.73 Å². The number of rotatable bonds is 5. The van der Waals surface area contributed by atoms with Gasteiger partial charge in [-0.1, -0.05) is 6.07 Å². The van der Waals surface area contributed by atoms with Gasteiger partial charge in [-0.25, -0.2) is 4.39 Å². The number of amides is 1. The summed E-state index contributed by atoms with van der Waals surface area (Å²) in [6.45, 7) is 4.19. The Kier molecular flexibility index (Phi) is 5.09. The highest BCUT2D eigenvalue weighted by atomic mass is 19.1. The van der Waals surface area contributed by atoms with Crippen LogP contribution in [0.3, 0.4) is 0 Å². The lowest BCUT2D eigenvalue weighted by molar-refractivity contribution is -0.120. The number of carbonyl (C=O) groups is 1. The first-order chi connectivity index (χ1) is 8.43. The number of nitrogens with two attached hydrogens (primary N) is 1. The quantitative estimate of drug-likeness (QED) is 0.830. The number of hydrogen-bond acceptors (Lipinski definition) is 3. The highest BCUT2D eigenvalue weighted by Gasteiger charge is 2.12. The minimum atomic E-state index is -0.363. The Labute approximate surface area is 107 Å². The number of nitrogens with zero attached hydrogens (tertiary/aromatic N) is 1. The zero-order valence-electron chi connectivity index (χ0n) is 11.0. The summed E-state index contributed by atoms with van der Waals surface area (Å²) in [5, 5.41) is 2.76. The smallest absolute Gasteiger partial charge is 0.239 e. The molecule has 0 aliphatic heterocycles. The standard InChI is InChI=1S/C13H20FN3O/c1-9(2)16-13(18)8-17(3)12-5-4-10(7-15)6-11(12)14/h4-6,9H,7-8,15H2,1-3H3,(H,16,18). The predicted octanol–water partition coefficient (Wildman–Crippen LogP) is 1.25. The third kappa shape index (κ3) is 4.00. The minimum absolute atomic E-state index is 0.0790. The maximum atomic E-state index is 13.8. The second-order valence-corrected chi connectivity index (χ2v) is 4.57. The van der Waals surface area contributed by atoms with E-state index in [4.69, 9.17) is 5.73 Å². The first kappa shape index (κ1) is 14.4. The van der Waals surface area contributed by atoms with Crippen molar-refractivity contribution in [3.8, 4) is 0 Å². The van der Waals surface area contributed by atoms with Crippen LogP contribution in [0.25, 0.3) is 0 Å². The molecule has 5 heteroatoms. The van der Waals surface area contributed by atoms with Gasteiger partial charge >= 0.3 is 0 Å². The molecule has 0 heterocycles. The molecule has 0 unspecified atom stereocenters. The van der Waals surface area contributed by atoms with Crippen LogP contribution >= 0.6 is 0 Å². The molecule has 0 saturated heterocycles. The monoisotopic (exact) mass is 253 g/mol. The van der Waals surface area contributed by atoms with Crippen LogP contribution in [0.4, 0.5) is 10.1 Å². The van der Waals surface area contributed by atoms with Gasteiger partial charge in [0.05, 0.1) is 12.2 Å². The molecular weight excluding hydrogens is 233 g/mol. The Morgan fingerprint density at radius 2 is 2.17 bits per heavy atom. The normalized spacial score (nSPS) is 10.6. The lowest BCUT2D eigenvalue weighted by atomic mass is 10.2. The van der Waals surface area contributed by atoms with Crippen molar-refractivity contribution in [3.63, 3.8) is 0 Å². The number of halogens is 1. The van der Waals surface area contributed by atoms with Crippen LogP contribution < -0.4 is 16.0 Å². The second kappa shape index (κ2) is 6.35. The molecule has 1 rings (SSSR count). The SMILES string of the molecule is CC(C)NC(=O)CN(C)c1ccc(CN)cc1F. The zero-order valence-corrected chi connectivity index (χ0v) is 11.0. The Balaban J connectivity index is 2.72. The maximum Gasteiger partial charge on any atom is 0.239 e. The van der Waals surface area contributed by atoms with E-state index in [1.54, 1.807) is 24.1 Å². The number of nitrogens with one attached hydrogen (secondary N) is 1. The van der Waals surface area contributed by atoms with Gasteiger partial charge in [0.2, 0.25) is 5.91 Å². The van der Waals surface area contributed by atoms with Crippen LogP contribution in [0.5, 0.6) is 0 Å². The first-order valence-corrected chi connectivity index (χ1v) is 5.93. The Hall–Kier alpha value is -1.62. The van der Waals surface area contributed by atoms with Crippen LogP contribution in [0.2, 0.25) is 0 Å². The van der Waals surface area contributed by atoms with Crippen molar-refractivity contribution in [2.75, 3.05) is 18.5 Å². The molecule has 0 saturated carbocycles. The van der Waals surface area contributed by atoms with Crippen molar-refractivity contribution in [3.05, 3.63) is 29.6 Å². The lowest BCUT2D eigenvalue weighted by Gasteiger charge is -2.20. The average molecular weight is 253 g/mol. The van der Waals surface area contributed by atoms with Gasteiger partial charge < -0.3 is 16.0 Å². The van der Waals surface area contributed by atoms with Crippen molar-refractivity contribution in [2.45, 2.75) is 26.4 Å². The second-order valence-electron chi connectivity index (χ2n) is 4.57. The summed E-state index contributed by atoms with van der Waals surface area (Å²) >= 11 is 0. The molecule has 18 heavy (non-hydrogen) atoms. The van der Waals surface area contributed by atoms with E-state index in [1.807, 2.05) is 13.8 Å². The number of anilines is 1. The number of hydrogen-bond donors (Lipinski definition) is 2. The topological polar surface area (TPSA) is 58.4 Å². The third-order valence-corrected chi connectivity index (χ3v) is 2.49. The highest BCUT2D eigenvalue weighted by molar-refractivity contribution is 5.81. The summed E-state index contributed by atoms with van der Waals surface area (Å²) < 4.78 is 13.8. The number of carbonyl (C=O) groups excluding carboxylic acids is 1. The largest absolute Gasteiger partial charge is 0.363 e. The maximum absolute atomic E-state index is 13.8. The van der Waals surface area contributed by atoms with Gasteiger partial charge in [0.15, 0.2) is 0 Å². The Morgan fingerprint density at radius 3 is 2.67 bits per heavy atom. The van der Waals surface area contributed by atoms with Crippen molar-refractivity contribution in [1.82, 2.24) is 5.32 Å². The molecule has 1 aromatic rings. The van der Waals surface area contributed by atoms with E-state index in [0.717, 1.165) is 5.56 Å². The fourth-order valence-corrected chi connectivity index (χ4v) is 1.66. The van der Waals surface area contributed by atoms with Gasteiger partial charge in [-0.15, -0.1) is 0 Å². The molecule has 1 amide bonds. The van der Waals surface area contributed by atoms with Gasteiger partial charge in [0.1, 0.15) is 5.82 Å². The lowest BCUT2D eigenvalue weighted by Crippen LogP contribution is -2.38. The van der Waals surface area contributed by atoms with Crippen LogP contribution in [0.15, 0.2) is 18.2 Å². The van der Waals surface area contributed by atoms with Crippen LogP contribution in [-0.4, -0.2) is 25.5 Å². The molecule has 1 aromatic carbocycles. The number of likely N-dealkylation sites (N-methyl/N-ethyl adjacent to an activating group) is 1. The van der Waals surface area contributed by atoms with E-state index in [-0.39, 0.29) is 24.3 Å². The summed E-state index contributed by atoms with van der Waals surface area (Å²) in [6, 6.07) is 4.87. The molecule has 0 fully saturated rings. The van der Waals surface area contributed by atoms with Gasteiger partial charge in [0.25, 0.3) is 0 Å². The van der Waals surface area contributed by atoms with E-state index >= 15 is 0 Å². The van der Waals surface area contributed by atoms with Gasteiger partial charge in [0, 0.05) is 19.6 Å². The fraction of sp³-hybridized carbons (Fsp3) is 0.462. The Morgan fingerprint density at radius 1 is 1.50 bits per heavy atom. The van der Waals surface area contributed by atoms with E-state index in [2.05, 4.69) is 5.32 Å². The van der Waals surface area contributed by atoms with Gasteiger partial charge in [-0.05, 0) is 31.5 Å². The summed E-state index contributed by atoms with van der Waals surface area (Å²) in [6.07, 6.45) is 0. The predicted molar refractivity (Wildman–Crippen MR) is 70.8 cm³/mol.